The summed E-state index contributed by atoms with van der Waals surface area (Å²) in [6, 6.07) is 8.41. The minimum atomic E-state index is -0.0723. The fourth-order valence-electron chi connectivity index (χ4n) is 4.23. The second kappa shape index (κ2) is 6.64. The van der Waals surface area contributed by atoms with Crippen LogP contribution in [0.1, 0.15) is 41.4 Å². The number of aromatic amines is 1. The molecule has 1 N–H and O–H groups in total. The topological polar surface area (TPSA) is 52.2 Å². The third kappa shape index (κ3) is 2.97. The Kier molecular flexibility index (Phi) is 4.34. The van der Waals surface area contributed by atoms with E-state index in [2.05, 4.69) is 46.3 Å². The standard InChI is InChI=1S/C20H26N4O/c1-3-24-12-15-8-5-4-7-14(15)11-19(24)20(25)23(2)13-18-16-9-6-10-17(16)21-22-18/h4-5,7-8,19H,3,6,9-13H2,1-2H3,(H,21,22)/t19-/m1/s1. The highest BCUT2D eigenvalue weighted by molar-refractivity contribution is 5.82. The number of fused-ring (bicyclic) bond motifs is 2. The SMILES string of the molecule is CCN1Cc2ccccc2C[C@@H]1C(=O)N(C)Cc1n[nH]c2c1CCC2. The Balaban J connectivity index is 1.51. The first-order valence-corrected chi connectivity index (χ1v) is 9.28. The Morgan fingerprint density at radius 1 is 1.32 bits per heavy atom. The summed E-state index contributed by atoms with van der Waals surface area (Å²) in [5.41, 5.74) is 6.29. The zero-order valence-corrected chi connectivity index (χ0v) is 15.1. The van der Waals surface area contributed by atoms with Crippen molar-refractivity contribution in [1.82, 2.24) is 20.0 Å². The third-order valence-corrected chi connectivity index (χ3v) is 5.69. The molecule has 2 aromatic rings. The van der Waals surface area contributed by atoms with E-state index in [-0.39, 0.29) is 11.9 Å². The van der Waals surface area contributed by atoms with Gasteiger partial charge in [0.15, 0.2) is 0 Å². The summed E-state index contributed by atoms with van der Waals surface area (Å²) in [6.07, 6.45) is 4.16. The lowest BCUT2D eigenvalue weighted by Gasteiger charge is -2.37. The van der Waals surface area contributed by atoms with Crippen molar-refractivity contribution in [2.75, 3.05) is 13.6 Å². The monoisotopic (exact) mass is 338 g/mol. The fraction of sp³-hybridized carbons (Fsp3) is 0.500. The van der Waals surface area contributed by atoms with E-state index >= 15 is 0 Å². The highest BCUT2D eigenvalue weighted by Gasteiger charge is 2.32. The molecule has 2 aliphatic rings. The molecule has 0 unspecified atom stereocenters. The molecule has 1 aliphatic heterocycles. The van der Waals surface area contributed by atoms with Gasteiger partial charge in [-0.2, -0.15) is 5.10 Å². The molecule has 0 saturated heterocycles. The van der Waals surface area contributed by atoms with Gasteiger partial charge in [0.2, 0.25) is 5.91 Å². The summed E-state index contributed by atoms with van der Waals surface area (Å²) >= 11 is 0. The van der Waals surface area contributed by atoms with Crippen LogP contribution < -0.4 is 0 Å². The summed E-state index contributed by atoms with van der Waals surface area (Å²) < 4.78 is 0. The molecular weight excluding hydrogens is 312 g/mol. The minimum Gasteiger partial charge on any atom is -0.338 e. The predicted molar refractivity (Wildman–Crippen MR) is 97.1 cm³/mol. The number of aromatic nitrogens is 2. The molecule has 0 bridgehead atoms. The maximum atomic E-state index is 13.1. The van der Waals surface area contributed by atoms with Crippen LogP contribution in [-0.4, -0.2) is 45.5 Å². The number of hydrogen-bond acceptors (Lipinski definition) is 3. The smallest absolute Gasteiger partial charge is 0.240 e. The Bertz CT molecular complexity index is 782. The third-order valence-electron chi connectivity index (χ3n) is 5.69. The lowest BCUT2D eigenvalue weighted by molar-refractivity contribution is -0.136. The van der Waals surface area contributed by atoms with E-state index in [0.717, 1.165) is 38.0 Å². The molecule has 4 rings (SSSR count). The molecule has 1 atom stereocenters. The maximum absolute atomic E-state index is 13.1. The van der Waals surface area contributed by atoms with Crippen molar-refractivity contribution in [3.05, 3.63) is 52.3 Å². The molecule has 0 spiro atoms. The first-order valence-electron chi connectivity index (χ1n) is 9.28. The molecule has 25 heavy (non-hydrogen) atoms. The minimum absolute atomic E-state index is 0.0723. The first kappa shape index (κ1) is 16.3. The number of amides is 1. The quantitative estimate of drug-likeness (QED) is 0.931. The van der Waals surface area contributed by atoms with E-state index in [4.69, 9.17) is 0 Å². The number of nitrogens with zero attached hydrogens (tertiary/aromatic N) is 3. The largest absolute Gasteiger partial charge is 0.338 e. The van der Waals surface area contributed by atoms with E-state index in [1.807, 2.05) is 11.9 Å². The van der Waals surface area contributed by atoms with Crippen LogP contribution >= 0.6 is 0 Å². The molecule has 1 aromatic heterocycles. The fourth-order valence-corrected chi connectivity index (χ4v) is 4.23. The van der Waals surface area contributed by atoms with Gasteiger partial charge in [0.1, 0.15) is 0 Å². The normalized spacial score (nSPS) is 19.5. The molecule has 0 radical (unpaired) electrons. The van der Waals surface area contributed by atoms with Crippen molar-refractivity contribution in [2.45, 2.75) is 51.7 Å². The molecule has 1 aromatic carbocycles. The van der Waals surface area contributed by atoms with Crippen molar-refractivity contribution in [2.24, 2.45) is 0 Å². The molecular formula is C20H26N4O. The summed E-state index contributed by atoms with van der Waals surface area (Å²) in [6.45, 7) is 4.47. The van der Waals surface area contributed by atoms with Gasteiger partial charge in [-0.05, 0) is 48.9 Å². The second-order valence-electron chi connectivity index (χ2n) is 7.23. The number of rotatable bonds is 4. The van der Waals surface area contributed by atoms with Gasteiger partial charge < -0.3 is 4.90 Å². The van der Waals surface area contributed by atoms with Crippen molar-refractivity contribution in [3.8, 4) is 0 Å². The number of hydrogen-bond donors (Lipinski definition) is 1. The Labute approximate surface area is 149 Å². The number of aryl methyl sites for hydroxylation is 1. The van der Waals surface area contributed by atoms with Crippen LogP contribution in [0.2, 0.25) is 0 Å². The highest BCUT2D eigenvalue weighted by atomic mass is 16.2. The van der Waals surface area contributed by atoms with Crippen molar-refractivity contribution in [3.63, 3.8) is 0 Å². The van der Waals surface area contributed by atoms with E-state index in [9.17, 15) is 4.79 Å². The summed E-state index contributed by atoms with van der Waals surface area (Å²) in [5.74, 6) is 0.200. The van der Waals surface area contributed by atoms with Gasteiger partial charge in [0, 0.05) is 19.3 Å². The van der Waals surface area contributed by atoms with Gasteiger partial charge in [-0.1, -0.05) is 31.2 Å². The van der Waals surface area contributed by atoms with Gasteiger partial charge >= 0.3 is 0 Å². The Morgan fingerprint density at radius 2 is 2.12 bits per heavy atom. The molecule has 0 fully saturated rings. The molecule has 5 nitrogen and oxygen atoms in total. The van der Waals surface area contributed by atoms with Gasteiger partial charge in [-0.25, -0.2) is 0 Å². The highest BCUT2D eigenvalue weighted by Crippen LogP contribution is 2.26. The molecule has 2 heterocycles. The van der Waals surface area contributed by atoms with E-state index < -0.39 is 0 Å². The van der Waals surface area contributed by atoms with Crippen LogP contribution in [0.25, 0.3) is 0 Å². The lowest BCUT2D eigenvalue weighted by atomic mass is 9.93. The Hall–Kier alpha value is -2.14. The van der Waals surface area contributed by atoms with E-state index in [0.29, 0.717) is 6.54 Å². The van der Waals surface area contributed by atoms with Gasteiger partial charge in [0.25, 0.3) is 0 Å². The average molecular weight is 338 g/mol. The summed E-state index contributed by atoms with van der Waals surface area (Å²) in [7, 11) is 1.91. The van der Waals surface area contributed by atoms with E-state index in [1.54, 1.807) is 0 Å². The van der Waals surface area contributed by atoms with Crippen LogP contribution in [0.5, 0.6) is 0 Å². The van der Waals surface area contributed by atoms with Gasteiger partial charge in [-0.15, -0.1) is 0 Å². The number of nitrogens with one attached hydrogen (secondary N) is 1. The number of benzene rings is 1. The summed E-state index contributed by atoms with van der Waals surface area (Å²) in [4.78, 5) is 17.3. The van der Waals surface area contributed by atoms with Crippen LogP contribution in [0.4, 0.5) is 0 Å². The Morgan fingerprint density at radius 3 is 2.92 bits per heavy atom. The zero-order valence-electron chi connectivity index (χ0n) is 15.1. The lowest BCUT2D eigenvalue weighted by Crippen LogP contribution is -2.50. The van der Waals surface area contributed by atoms with Crippen molar-refractivity contribution >= 4 is 5.91 Å². The molecule has 132 valence electrons. The van der Waals surface area contributed by atoms with Crippen LogP contribution in [0, 0.1) is 0 Å². The number of likely N-dealkylation sites (N-methyl/N-ethyl adjacent to an activating group) is 2. The molecule has 0 saturated carbocycles. The summed E-state index contributed by atoms with van der Waals surface area (Å²) in [5, 5.41) is 7.59. The number of carbonyl (C=O) groups excluding carboxylic acids is 1. The van der Waals surface area contributed by atoms with Crippen LogP contribution in [0.3, 0.4) is 0 Å². The van der Waals surface area contributed by atoms with Crippen LogP contribution in [-0.2, 0) is 37.1 Å². The number of carbonyl (C=O) groups is 1. The number of H-pyrrole nitrogens is 1. The maximum Gasteiger partial charge on any atom is 0.240 e. The average Bonchev–Trinajstić information content (AvgIpc) is 3.25. The van der Waals surface area contributed by atoms with Gasteiger partial charge in [0.05, 0.1) is 18.3 Å². The zero-order chi connectivity index (χ0) is 17.4. The molecule has 1 aliphatic carbocycles. The van der Waals surface area contributed by atoms with Crippen LogP contribution in [0.15, 0.2) is 24.3 Å². The molecule has 5 heteroatoms. The van der Waals surface area contributed by atoms with Crippen molar-refractivity contribution in [1.29, 1.82) is 0 Å². The molecule has 1 amide bonds. The first-order chi connectivity index (χ1) is 12.2. The van der Waals surface area contributed by atoms with Crippen molar-refractivity contribution < 1.29 is 4.79 Å². The van der Waals surface area contributed by atoms with E-state index in [1.165, 1.54) is 28.8 Å². The van der Waals surface area contributed by atoms with Gasteiger partial charge in [-0.3, -0.25) is 14.8 Å². The second-order valence-corrected chi connectivity index (χ2v) is 7.23. The predicted octanol–water partition coefficient (Wildman–Crippen LogP) is 2.30.